The number of hydrogen-bond acceptors (Lipinski definition) is 4. The van der Waals surface area contributed by atoms with E-state index in [-0.39, 0.29) is 23.6 Å². The topological polar surface area (TPSA) is 85.6 Å². The van der Waals surface area contributed by atoms with Crippen molar-refractivity contribution < 1.29 is 19.4 Å². The van der Waals surface area contributed by atoms with Crippen molar-refractivity contribution in [1.29, 1.82) is 0 Å². The lowest BCUT2D eigenvalue weighted by molar-refractivity contribution is -0.155. The third-order valence-electron chi connectivity index (χ3n) is 2.70. The molecule has 0 saturated carbocycles. The largest absolute Gasteiger partial charge is 0.478 e. The van der Waals surface area contributed by atoms with Crippen molar-refractivity contribution in [3.63, 3.8) is 0 Å². The second-order valence-corrected chi connectivity index (χ2v) is 6.16. The minimum absolute atomic E-state index is 0.0261. The molecule has 0 aliphatic carbocycles. The normalized spacial score (nSPS) is 11.5. The number of nitrogens with zero attached hydrogens (tertiary/aromatic N) is 1. The predicted octanol–water partition coefficient (Wildman–Crippen LogP) is 2.01. The molecule has 0 aliphatic heterocycles. The van der Waals surface area contributed by atoms with Gasteiger partial charge in [0.1, 0.15) is 12.1 Å². The summed E-state index contributed by atoms with van der Waals surface area (Å²) in [6.07, 6.45) is 1.17. The van der Waals surface area contributed by atoms with Gasteiger partial charge in [-0.05, 0) is 32.8 Å². The molecule has 0 spiro atoms. The number of pyridine rings is 1. The molecule has 0 radical (unpaired) electrons. The minimum Gasteiger partial charge on any atom is -0.478 e. The van der Waals surface area contributed by atoms with Gasteiger partial charge in [-0.15, -0.1) is 0 Å². The zero-order valence-corrected chi connectivity index (χ0v) is 13.0. The molecule has 0 fully saturated rings. The van der Waals surface area contributed by atoms with E-state index in [2.05, 4.69) is 0 Å². The number of carboxylic acids is 1. The highest BCUT2D eigenvalue weighted by molar-refractivity contribution is 5.87. The minimum atomic E-state index is -1.14. The molecule has 0 bridgehead atoms. The molecule has 1 rings (SSSR count). The molecule has 0 atom stereocenters. The second-order valence-electron chi connectivity index (χ2n) is 6.16. The first kappa shape index (κ1) is 16.9. The summed E-state index contributed by atoms with van der Waals surface area (Å²) in [4.78, 5) is 35.2. The van der Waals surface area contributed by atoms with Crippen LogP contribution in [0, 0.1) is 0 Å². The fourth-order valence-corrected chi connectivity index (χ4v) is 1.82. The lowest BCUT2D eigenvalue weighted by Gasteiger charge is -2.20. The molecular weight excluding hydrogens is 274 g/mol. The number of esters is 1. The van der Waals surface area contributed by atoms with Gasteiger partial charge in [0.15, 0.2) is 0 Å². The van der Waals surface area contributed by atoms with Gasteiger partial charge in [0.2, 0.25) is 0 Å². The summed E-state index contributed by atoms with van der Waals surface area (Å²) in [5.41, 5.74) is -0.701. The van der Waals surface area contributed by atoms with E-state index in [0.29, 0.717) is 5.56 Å². The zero-order valence-electron chi connectivity index (χ0n) is 13.0. The number of aromatic nitrogens is 1. The van der Waals surface area contributed by atoms with Crippen LogP contribution in [0.25, 0.3) is 0 Å². The van der Waals surface area contributed by atoms with E-state index in [0.717, 1.165) is 4.57 Å². The Morgan fingerprint density at radius 2 is 1.90 bits per heavy atom. The lowest BCUT2D eigenvalue weighted by atomic mass is 10.0. The van der Waals surface area contributed by atoms with Gasteiger partial charge in [-0.2, -0.15) is 0 Å². The van der Waals surface area contributed by atoms with Crippen LogP contribution in [0.15, 0.2) is 17.1 Å². The van der Waals surface area contributed by atoms with E-state index in [1.165, 1.54) is 12.3 Å². The average Bonchev–Trinajstić information content (AvgIpc) is 2.28. The summed E-state index contributed by atoms with van der Waals surface area (Å²) in [6, 6.07) is 1.35. The fourth-order valence-electron chi connectivity index (χ4n) is 1.82. The Labute approximate surface area is 123 Å². The van der Waals surface area contributed by atoms with E-state index < -0.39 is 17.5 Å². The molecule has 0 saturated heterocycles. The Hall–Kier alpha value is -2.11. The highest BCUT2D eigenvalue weighted by Crippen LogP contribution is 2.12. The summed E-state index contributed by atoms with van der Waals surface area (Å²) in [7, 11) is 0. The van der Waals surface area contributed by atoms with Crippen molar-refractivity contribution in [3.8, 4) is 0 Å². The fraction of sp³-hybridized carbons (Fsp3) is 0.533. The molecule has 0 unspecified atom stereocenters. The number of carbonyl (C=O) groups is 2. The Balaban J connectivity index is 3.20. The third kappa shape index (κ3) is 4.73. The molecule has 1 aromatic rings. The number of carbonyl (C=O) groups excluding carboxylic acids is 1. The number of ether oxygens (including phenoxy) is 1. The quantitative estimate of drug-likeness (QED) is 0.859. The third-order valence-corrected chi connectivity index (χ3v) is 2.70. The molecule has 1 heterocycles. The van der Waals surface area contributed by atoms with Gasteiger partial charge in [0, 0.05) is 11.8 Å². The highest BCUT2D eigenvalue weighted by Gasteiger charge is 2.19. The van der Waals surface area contributed by atoms with Gasteiger partial charge < -0.3 is 14.4 Å². The van der Waals surface area contributed by atoms with Crippen molar-refractivity contribution in [2.45, 2.75) is 52.7 Å². The van der Waals surface area contributed by atoms with Gasteiger partial charge in [-0.25, -0.2) is 4.79 Å². The lowest BCUT2D eigenvalue weighted by Crippen LogP contribution is -2.32. The summed E-state index contributed by atoms with van der Waals surface area (Å²) in [6.45, 7) is 8.44. The molecule has 1 aromatic heterocycles. The van der Waals surface area contributed by atoms with E-state index >= 15 is 0 Å². The van der Waals surface area contributed by atoms with Crippen LogP contribution >= 0.6 is 0 Å². The number of rotatable bonds is 4. The van der Waals surface area contributed by atoms with E-state index in [1.807, 2.05) is 0 Å². The highest BCUT2D eigenvalue weighted by atomic mass is 16.6. The Bertz CT molecular complexity index is 607. The summed E-state index contributed by atoms with van der Waals surface area (Å²) in [5.74, 6) is -1.86. The van der Waals surface area contributed by atoms with Crippen LogP contribution in [0.5, 0.6) is 0 Å². The van der Waals surface area contributed by atoms with Crippen LogP contribution in [0.3, 0.4) is 0 Å². The average molecular weight is 295 g/mol. The maximum atomic E-state index is 12.2. The molecule has 21 heavy (non-hydrogen) atoms. The van der Waals surface area contributed by atoms with Crippen LogP contribution < -0.4 is 5.56 Å². The molecule has 116 valence electrons. The van der Waals surface area contributed by atoms with Gasteiger partial charge in [-0.3, -0.25) is 9.59 Å². The first-order valence-electron chi connectivity index (χ1n) is 6.71. The molecule has 1 N–H and O–H groups in total. The van der Waals surface area contributed by atoms with Crippen LogP contribution in [0.1, 0.15) is 56.5 Å². The van der Waals surface area contributed by atoms with Gasteiger partial charge in [0.25, 0.3) is 5.56 Å². The van der Waals surface area contributed by atoms with Crippen molar-refractivity contribution in [1.82, 2.24) is 4.57 Å². The number of carboxylic acid groups (broad SMARTS) is 1. The van der Waals surface area contributed by atoms with Gasteiger partial charge >= 0.3 is 11.9 Å². The first-order chi connectivity index (χ1) is 9.51. The maximum Gasteiger partial charge on any atom is 0.337 e. The van der Waals surface area contributed by atoms with E-state index in [1.54, 1.807) is 34.6 Å². The summed E-state index contributed by atoms with van der Waals surface area (Å²) < 4.78 is 6.24. The van der Waals surface area contributed by atoms with Gasteiger partial charge in [-0.1, -0.05) is 13.8 Å². The van der Waals surface area contributed by atoms with Crippen molar-refractivity contribution in [3.05, 3.63) is 33.7 Å². The molecule has 0 aliphatic rings. The van der Waals surface area contributed by atoms with Crippen LogP contribution in [0.4, 0.5) is 0 Å². The van der Waals surface area contributed by atoms with Crippen LogP contribution in [-0.2, 0) is 16.1 Å². The standard InChI is InChI=1S/C15H21NO5/c1-9(2)11-6-10(14(19)20)7-16(13(11)18)8-12(17)21-15(3,4)5/h6-7,9H,8H2,1-5H3,(H,19,20). The Kier molecular flexibility index (Phi) is 4.93. The molecule has 0 aromatic carbocycles. The van der Waals surface area contributed by atoms with Crippen molar-refractivity contribution in [2.24, 2.45) is 0 Å². The SMILES string of the molecule is CC(C)c1cc(C(=O)O)cn(CC(=O)OC(C)(C)C)c1=O. The number of hydrogen-bond donors (Lipinski definition) is 1. The molecule has 6 heteroatoms. The first-order valence-corrected chi connectivity index (χ1v) is 6.71. The zero-order chi connectivity index (χ0) is 16.4. The van der Waals surface area contributed by atoms with Crippen LogP contribution in [-0.4, -0.2) is 27.2 Å². The summed E-state index contributed by atoms with van der Waals surface area (Å²) in [5, 5.41) is 9.10. The predicted molar refractivity (Wildman–Crippen MR) is 77.6 cm³/mol. The Morgan fingerprint density at radius 3 is 2.33 bits per heavy atom. The van der Waals surface area contributed by atoms with Gasteiger partial charge in [0.05, 0.1) is 5.56 Å². The van der Waals surface area contributed by atoms with E-state index in [4.69, 9.17) is 9.84 Å². The molecule has 0 amide bonds. The number of aromatic carboxylic acids is 1. The maximum absolute atomic E-state index is 12.2. The van der Waals surface area contributed by atoms with Crippen molar-refractivity contribution >= 4 is 11.9 Å². The smallest absolute Gasteiger partial charge is 0.337 e. The van der Waals surface area contributed by atoms with Crippen molar-refractivity contribution in [2.75, 3.05) is 0 Å². The summed E-state index contributed by atoms with van der Waals surface area (Å²) >= 11 is 0. The van der Waals surface area contributed by atoms with E-state index in [9.17, 15) is 14.4 Å². The molecule has 6 nitrogen and oxygen atoms in total. The molecular formula is C15H21NO5. The van der Waals surface area contributed by atoms with Crippen LogP contribution in [0.2, 0.25) is 0 Å². The monoisotopic (exact) mass is 295 g/mol. The Morgan fingerprint density at radius 1 is 1.33 bits per heavy atom. The second kappa shape index (κ2) is 6.11.